The van der Waals surface area contributed by atoms with Crippen molar-refractivity contribution in [3.8, 4) is 5.69 Å². The van der Waals surface area contributed by atoms with Gasteiger partial charge >= 0.3 is 12.1 Å². The van der Waals surface area contributed by atoms with Crippen LogP contribution in [0.4, 0.5) is 13.2 Å². The summed E-state index contributed by atoms with van der Waals surface area (Å²) in [4.78, 5) is 25.2. The van der Waals surface area contributed by atoms with E-state index in [1.54, 1.807) is 6.92 Å². The van der Waals surface area contributed by atoms with Gasteiger partial charge in [-0.3, -0.25) is 9.59 Å². The Bertz CT molecular complexity index is 860. The summed E-state index contributed by atoms with van der Waals surface area (Å²) in [5.41, 5.74) is -0.0140. The van der Waals surface area contributed by atoms with Crippen LogP contribution >= 0.6 is 0 Å². The number of amides is 1. The van der Waals surface area contributed by atoms with E-state index in [1.165, 1.54) is 27.9 Å². The first-order valence-corrected chi connectivity index (χ1v) is 8.74. The predicted octanol–water partition coefficient (Wildman–Crippen LogP) is 3.77. The van der Waals surface area contributed by atoms with Crippen LogP contribution in [0.25, 0.3) is 5.69 Å². The summed E-state index contributed by atoms with van der Waals surface area (Å²) in [6, 6.07) is 4.67. The number of benzene rings is 1. The summed E-state index contributed by atoms with van der Waals surface area (Å²) < 4.78 is 40.1. The highest BCUT2D eigenvalue weighted by Gasteiger charge is 2.31. The van der Waals surface area contributed by atoms with E-state index >= 15 is 0 Å². The fourth-order valence-electron chi connectivity index (χ4n) is 2.81. The monoisotopic (exact) mass is 397 g/mol. The Morgan fingerprint density at radius 3 is 2.54 bits per heavy atom. The minimum Gasteiger partial charge on any atom is -0.481 e. The highest BCUT2D eigenvalue weighted by atomic mass is 19.4. The van der Waals surface area contributed by atoms with E-state index in [0.717, 1.165) is 12.1 Å². The van der Waals surface area contributed by atoms with Crippen LogP contribution < -0.4 is 0 Å². The average Bonchev–Trinajstić information content (AvgIpc) is 2.98. The molecule has 152 valence electrons. The molecule has 6 nitrogen and oxygen atoms in total. The molecule has 2 rings (SSSR count). The molecule has 0 unspecified atom stereocenters. The lowest BCUT2D eigenvalue weighted by Crippen LogP contribution is -2.36. The topological polar surface area (TPSA) is 75.4 Å². The van der Waals surface area contributed by atoms with Crippen LogP contribution in [0, 0.1) is 12.8 Å². The summed E-state index contributed by atoms with van der Waals surface area (Å²) in [6.07, 6.45) is -3.38. The Balaban J connectivity index is 2.34. The molecule has 2 aromatic rings. The summed E-state index contributed by atoms with van der Waals surface area (Å²) in [7, 11) is 0. The number of hydrogen-bond acceptors (Lipinski definition) is 3. The first-order chi connectivity index (χ1) is 13.0. The van der Waals surface area contributed by atoms with Crippen molar-refractivity contribution < 1.29 is 27.9 Å². The van der Waals surface area contributed by atoms with Gasteiger partial charge in [0.05, 0.1) is 35.1 Å². The lowest BCUT2D eigenvalue weighted by molar-refractivity contribution is -0.138. The van der Waals surface area contributed by atoms with Crippen molar-refractivity contribution in [1.29, 1.82) is 0 Å². The molecule has 1 aromatic carbocycles. The molecule has 0 fully saturated rings. The zero-order valence-corrected chi connectivity index (χ0v) is 15.8. The predicted molar refractivity (Wildman–Crippen MR) is 96.3 cm³/mol. The average molecular weight is 397 g/mol. The molecule has 1 heterocycles. The second kappa shape index (κ2) is 8.45. The summed E-state index contributed by atoms with van der Waals surface area (Å²) in [5.74, 6) is -1.29. The van der Waals surface area contributed by atoms with Gasteiger partial charge in [-0.05, 0) is 31.0 Å². The van der Waals surface area contributed by atoms with E-state index in [1.807, 2.05) is 13.8 Å². The SMILES string of the molecule is Cc1c(C(=O)N(CCC(=O)O)CC(C)C)cnn1-c1cccc(C(F)(F)F)c1. The molecule has 0 radical (unpaired) electrons. The van der Waals surface area contributed by atoms with Crippen LogP contribution in [-0.2, 0) is 11.0 Å². The van der Waals surface area contributed by atoms with Gasteiger partial charge in [0.25, 0.3) is 5.91 Å². The number of alkyl halides is 3. The lowest BCUT2D eigenvalue weighted by Gasteiger charge is -2.24. The minimum atomic E-state index is -4.49. The third-order valence-corrected chi connectivity index (χ3v) is 4.13. The van der Waals surface area contributed by atoms with Crippen LogP contribution in [0.1, 0.15) is 41.9 Å². The van der Waals surface area contributed by atoms with Crippen molar-refractivity contribution in [2.24, 2.45) is 5.92 Å². The first kappa shape index (κ1) is 21.5. The molecule has 0 bridgehead atoms. The third-order valence-electron chi connectivity index (χ3n) is 4.13. The largest absolute Gasteiger partial charge is 0.481 e. The maximum atomic E-state index is 13.0. The molecule has 1 N–H and O–H groups in total. The van der Waals surface area contributed by atoms with Crippen molar-refractivity contribution in [2.45, 2.75) is 33.4 Å². The van der Waals surface area contributed by atoms with Gasteiger partial charge in [-0.25, -0.2) is 4.68 Å². The highest BCUT2D eigenvalue weighted by Crippen LogP contribution is 2.30. The Morgan fingerprint density at radius 2 is 1.96 bits per heavy atom. The fourth-order valence-corrected chi connectivity index (χ4v) is 2.81. The van der Waals surface area contributed by atoms with Crippen molar-refractivity contribution in [3.63, 3.8) is 0 Å². The van der Waals surface area contributed by atoms with Gasteiger partial charge < -0.3 is 10.0 Å². The molecular formula is C19H22F3N3O3. The molecule has 0 saturated heterocycles. The number of aliphatic carboxylic acids is 1. The highest BCUT2D eigenvalue weighted by molar-refractivity contribution is 5.95. The summed E-state index contributed by atoms with van der Waals surface area (Å²) in [6.45, 7) is 5.80. The number of carboxylic acids is 1. The molecule has 1 aromatic heterocycles. The molecule has 9 heteroatoms. The van der Waals surface area contributed by atoms with Crippen LogP contribution in [0.2, 0.25) is 0 Å². The Morgan fingerprint density at radius 1 is 1.29 bits per heavy atom. The number of hydrogen-bond donors (Lipinski definition) is 1. The first-order valence-electron chi connectivity index (χ1n) is 8.74. The second-order valence-electron chi connectivity index (χ2n) is 6.89. The maximum absolute atomic E-state index is 13.0. The minimum absolute atomic E-state index is 0.0422. The zero-order chi connectivity index (χ0) is 21.1. The maximum Gasteiger partial charge on any atom is 0.416 e. The van der Waals surface area contributed by atoms with Crippen LogP contribution in [-0.4, -0.2) is 44.8 Å². The summed E-state index contributed by atoms with van der Waals surface area (Å²) in [5, 5.41) is 13.0. The summed E-state index contributed by atoms with van der Waals surface area (Å²) >= 11 is 0. The molecular weight excluding hydrogens is 375 g/mol. The van der Waals surface area contributed by atoms with Gasteiger partial charge in [-0.2, -0.15) is 18.3 Å². The van der Waals surface area contributed by atoms with Crippen LogP contribution in [0.15, 0.2) is 30.5 Å². The molecule has 1 amide bonds. The van der Waals surface area contributed by atoms with E-state index in [9.17, 15) is 22.8 Å². The molecule has 0 atom stereocenters. The number of aromatic nitrogens is 2. The van der Waals surface area contributed by atoms with Gasteiger partial charge in [-0.1, -0.05) is 19.9 Å². The number of rotatable bonds is 7. The van der Waals surface area contributed by atoms with E-state index in [0.29, 0.717) is 12.2 Å². The number of halogens is 3. The molecule has 0 aliphatic carbocycles. The number of carbonyl (C=O) groups is 2. The van der Waals surface area contributed by atoms with Crippen LogP contribution in [0.5, 0.6) is 0 Å². The standard InChI is InChI=1S/C19H22F3N3O3/c1-12(2)11-24(8-7-17(26)27)18(28)16-10-23-25(13(16)3)15-6-4-5-14(9-15)19(20,21)22/h4-6,9-10,12H,7-8,11H2,1-3H3,(H,26,27). The van der Waals surface area contributed by atoms with Crippen molar-refractivity contribution in [1.82, 2.24) is 14.7 Å². The fraction of sp³-hybridized carbons (Fsp3) is 0.421. The van der Waals surface area contributed by atoms with Crippen molar-refractivity contribution >= 4 is 11.9 Å². The third kappa shape index (κ3) is 5.11. The molecule has 28 heavy (non-hydrogen) atoms. The van der Waals surface area contributed by atoms with Gasteiger partial charge in [-0.15, -0.1) is 0 Å². The zero-order valence-electron chi connectivity index (χ0n) is 15.8. The quantitative estimate of drug-likeness (QED) is 0.772. The Hall–Kier alpha value is -2.84. The second-order valence-corrected chi connectivity index (χ2v) is 6.89. The molecule has 0 aliphatic rings. The Labute approximate surface area is 160 Å². The van der Waals surface area contributed by atoms with Crippen molar-refractivity contribution in [2.75, 3.05) is 13.1 Å². The lowest BCUT2D eigenvalue weighted by atomic mass is 10.1. The molecule has 0 saturated carbocycles. The van der Waals surface area contributed by atoms with Crippen LogP contribution in [0.3, 0.4) is 0 Å². The van der Waals surface area contributed by atoms with Gasteiger partial charge in [0.1, 0.15) is 0 Å². The molecule has 0 spiro atoms. The van der Waals surface area contributed by atoms with E-state index < -0.39 is 23.6 Å². The number of nitrogens with zero attached hydrogens (tertiary/aromatic N) is 3. The number of carbonyl (C=O) groups excluding carboxylic acids is 1. The van der Waals surface area contributed by atoms with E-state index in [4.69, 9.17) is 5.11 Å². The Kier molecular flexibility index (Phi) is 6.48. The van der Waals surface area contributed by atoms with Crippen molar-refractivity contribution in [3.05, 3.63) is 47.3 Å². The van der Waals surface area contributed by atoms with E-state index in [-0.39, 0.29) is 30.1 Å². The van der Waals surface area contributed by atoms with Gasteiger partial charge in [0.2, 0.25) is 0 Å². The van der Waals surface area contributed by atoms with Gasteiger partial charge in [0, 0.05) is 13.1 Å². The smallest absolute Gasteiger partial charge is 0.416 e. The number of carboxylic acid groups (broad SMARTS) is 1. The van der Waals surface area contributed by atoms with E-state index in [2.05, 4.69) is 5.10 Å². The van der Waals surface area contributed by atoms with Gasteiger partial charge in [0.15, 0.2) is 0 Å². The normalized spacial score (nSPS) is 11.7. The molecule has 0 aliphatic heterocycles.